The zero-order valence-corrected chi connectivity index (χ0v) is 13.8. The molecule has 0 aliphatic heterocycles. The van der Waals surface area contributed by atoms with Gasteiger partial charge in [0.2, 0.25) is 17.6 Å². The number of nitrogens with zero attached hydrogens (tertiary/aromatic N) is 2. The number of rotatable bonds is 6. The summed E-state index contributed by atoms with van der Waals surface area (Å²) in [4.78, 5) is 16.1. The van der Waals surface area contributed by atoms with Gasteiger partial charge in [-0.05, 0) is 24.3 Å². The van der Waals surface area contributed by atoms with Gasteiger partial charge in [-0.2, -0.15) is 4.98 Å². The number of halogens is 2. The zero-order chi connectivity index (χ0) is 18.5. The van der Waals surface area contributed by atoms with Crippen LogP contribution in [0.25, 0.3) is 11.4 Å². The highest BCUT2D eigenvalue weighted by atomic mass is 19.1. The van der Waals surface area contributed by atoms with Gasteiger partial charge in [0.1, 0.15) is 17.4 Å². The predicted octanol–water partition coefficient (Wildman–Crippen LogP) is 3.59. The summed E-state index contributed by atoms with van der Waals surface area (Å²) in [5.74, 6) is -0.680. The maximum atomic E-state index is 13.5. The molecule has 1 amide bonds. The predicted molar refractivity (Wildman–Crippen MR) is 89.6 cm³/mol. The van der Waals surface area contributed by atoms with Gasteiger partial charge in [0.15, 0.2) is 0 Å². The van der Waals surface area contributed by atoms with Crippen LogP contribution in [0.2, 0.25) is 0 Å². The number of aromatic nitrogens is 2. The number of nitrogens with one attached hydrogen (secondary N) is 1. The average molecular weight is 359 g/mol. The van der Waals surface area contributed by atoms with Crippen LogP contribution in [0.5, 0.6) is 5.75 Å². The van der Waals surface area contributed by atoms with Crippen LogP contribution in [0.1, 0.15) is 12.3 Å². The molecule has 0 aliphatic carbocycles. The number of amides is 1. The van der Waals surface area contributed by atoms with Gasteiger partial charge in [0, 0.05) is 24.5 Å². The molecule has 134 valence electrons. The van der Waals surface area contributed by atoms with Gasteiger partial charge < -0.3 is 14.6 Å². The van der Waals surface area contributed by atoms with Crippen LogP contribution >= 0.6 is 0 Å². The van der Waals surface area contributed by atoms with Crippen molar-refractivity contribution >= 4 is 11.6 Å². The van der Waals surface area contributed by atoms with E-state index in [1.54, 1.807) is 31.4 Å². The number of hydrogen-bond acceptors (Lipinski definition) is 5. The first-order chi connectivity index (χ1) is 12.5. The lowest BCUT2D eigenvalue weighted by Gasteiger charge is -2.05. The molecule has 0 atom stereocenters. The number of anilines is 1. The van der Waals surface area contributed by atoms with E-state index < -0.39 is 17.5 Å². The fraction of sp³-hybridized carbons (Fsp3) is 0.167. The Balaban J connectivity index is 1.60. The van der Waals surface area contributed by atoms with Gasteiger partial charge in [-0.3, -0.25) is 4.79 Å². The van der Waals surface area contributed by atoms with Crippen LogP contribution in [0.3, 0.4) is 0 Å². The normalized spacial score (nSPS) is 10.6. The number of ether oxygens (including phenoxy) is 1. The van der Waals surface area contributed by atoms with E-state index in [0.29, 0.717) is 17.6 Å². The molecule has 0 saturated carbocycles. The van der Waals surface area contributed by atoms with Crippen molar-refractivity contribution < 1.29 is 22.8 Å². The fourth-order valence-corrected chi connectivity index (χ4v) is 2.26. The van der Waals surface area contributed by atoms with E-state index in [4.69, 9.17) is 9.26 Å². The van der Waals surface area contributed by atoms with Gasteiger partial charge in [0.25, 0.3) is 0 Å². The number of methoxy groups -OCH3 is 1. The molecule has 1 heterocycles. The molecule has 0 saturated heterocycles. The van der Waals surface area contributed by atoms with Gasteiger partial charge in [-0.1, -0.05) is 17.3 Å². The fourth-order valence-electron chi connectivity index (χ4n) is 2.26. The minimum Gasteiger partial charge on any atom is -0.497 e. The second-order valence-corrected chi connectivity index (χ2v) is 5.42. The number of carbonyl (C=O) groups is 1. The molecule has 0 radical (unpaired) electrons. The lowest BCUT2D eigenvalue weighted by atomic mass is 10.2. The molecule has 1 aromatic heterocycles. The summed E-state index contributed by atoms with van der Waals surface area (Å²) in [7, 11) is 1.56. The zero-order valence-electron chi connectivity index (χ0n) is 13.8. The maximum absolute atomic E-state index is 13.5. The third-order valence-corrected chi connectivity index (χ3v) is 3.57. The van der Waals surface area contributed by atoms with Crippen LogP contribution in [0, 0.1) is 11.6 Å². The Labute approximate surface area is 147 Å². The van der Waals surface area contributed by atoms with Crippen LogP contribution in [-0.2, 0) is 11.2 Å². The second-order valence-electron chi connectivity index (χ2n) is 5.42. The largest absolute Gasteiger partial charge is 0.497 e. The summed E-state index contributed by atoms with van der Waals surface area (Å²) in [5.41, 5.74) is 0.635. The topological polar surface area (TPSA) is 77.2 Å². The molecule has 26 heavy (non-hydrogen) atoms. The molecule has 6 nitrogen and oxygen atoms in total. The minimum absolute atomic E-state index is 0.0105. The average Bonchev–Trinajstić information content (AvgIpc) is 3.11. The molecule has 1 N–H and O–H groups in total. The Morgan fingerprint density at radius 2 is 2.08 bits per heavy atom. The molecule has 0 unspecified atom stereocenters. The summed E-state index contributed by atoms with van der Waals surface area (Å²) in [6.07, 6.45) is 0.197. The highest BCUT2D eigenvalue weighted by Crippen LogP contribution is 2.21. The third-order valence-electron chi connectivity index (χ3n) is 3.57. The Bertz CT molecular complexity index is 928. The molecule has 8 heteroatoms. The lowest BCUT2D eigenvalue weighted by molar-refractivity contribution is -0.116. The van der Waals surface area contributed by atoms with Crippen LogP contribution < -0.4 is 10.1 Å². The van der Waals surface area contributed by atoms with Gasteiger partial charge in [-0.25, -0.2) is 8.78 Å². The lowest BCUT2D eigenvalue weighted by Crippen LogP contribution is -2.13. The van der Waals surface area contributed by atoms with E-state index in [-0.39, 0.29) is 24.4 Å². The summed E-state index contributed by atoms with van der Waals surface area (Å²) in [5, 5.41) is 6.25. The Hall–Kier alpha value is -3.29. The molecular weight excluding hydrogens is 344 g/mol. The van der Waals surface area contributed by atoms with Crippen LogP contribution in [-0.4, -0.2) is 23.2 Å². The van der Waals surface area contributed by atoms with Gasteiger partial charge in [-0.15, -0.1) is 0 Å². The molecule has 0 spiro atoms. The molecule has 0 aliphatic rings. The number of aryl methyl sites for hydroxylation is 1. The quantitative estimate of drug-likeness (QED) is 0.728. The molecular formula is C18H15F2N3O3. The van der Waals surface area contributed by atoms with E-state index in [1.807, 2.05) is 0 Å². The Morgan fingerprint density at radius 3 is 2.85 bits per heavy atom. The van der Waals surface area contributed by atoms with E-state index in [0.717, 1.165) is 17.7 Å². The van der Waals surface area contributed by atoms with E-state index in [1.165, 1.54) is 0 Å². The molecule has 3 aromatic rings. The Morgan fingerprint density at radius 1 is 1.23 bits per heavy atom. The van der Waals surface area contributed by atoms with E-state index in [9.17, 15) is 13.6 Å². The summed E-state index contributed by atoms with van der Waals surface area (Å²) in [6.45, 7) is 0. The molecule has 2 aromatic carbocycles. The van der Waals surface area contributed by atoms with Crippen molar-refractivity contribution in [3.63, 3.8) is 0 Å². The molecule has 0 fully saturated rings. The van der Waals surface area contributed by atoms with Crippen molar-refractivity contribution in [2.24, 2.45) is 0 Å². The van der Waals surface area contributed by atoms with Crippen LogP contribution in [0.4, 0.5) is 14.5 Å². The van der Waals surface area contributed by atoms with Crippen molar-refractivity contribution in [1.29, 1.82) is 0 Å². The van der Waals surface area contributed by atoms with Gasteiger partial charge >= 0.3 is 0 Å². The first-order valence-electron chi connectivity index (χ1n) is 7.77. The van der Waals surface area contributed by atoms with Crippen molar-refractivity contribution in [1.82, 2.24) is 10.1 Å². The standard InChI is InChI=1S/C18H15F2N3O3/c1-25-13-4-2-3-11(9-13)18-22-17(26-23-18)8-7-16(24)21-15-6-5-12(19)10-14(15)20/h2-6,9-10H,7-8H2,1H3,(H,21,24). The van der Waals surface area contributed by atoms with Crippen LogP contribution in [0.15, 0.2) is 47.0 Å². The van der Waals surface area contributed by atoms with E-state index >= 15 is 0 Å². The highest BCUT2D eigenvalue weighted by Gasteiger charge is 2.13. The van der Waals surface area contributed by atoms with Crippen molar-refractivity contribution in [3.05, 3.63) is 60.0 Å². The summed E-state index contributed by atoms with van der Waals surface area (Å²) < 4.78 is 36.6. The number of carbonyl (C=O) groups excluding carboxylic acids is 1. The summed E-state index contributed by atoms with van der Waals surface area (Å²) in [6, 6.07) is 10.1. The number of hydrogen-bond donors (Lipinski definition) is 1. The van der Waals surface area contributed by atoms with Crippen molar-refractivity contribution in [3.8, 4) is 17.1 Å². The summed E-state index contributed by atoms with van der Waals surface area (Å²) >= 11 is 0. The Kier molecular flexibility index (Phi) is 5.21. The second kappa shape index (κ2) is 7.73. The molecule has 0 bridgehead atoms. The highest BCUT2D eigenvalue weighted by molar-refractivity contribution is 5.90. The van der Waals surface area contributed by atoms with E-state index in [2.05, 4.69) is 15.5 Å². The number of benzene rings is 2. The first kappa shape index (κ1) is 17.5. The smallest absolute Gasteiger partial charge is 0.227 e. The van der Waals surface area contributed by atoms with Gasteiger partial charge in [0.05, 0.1) is 12.8 Å². The molecule has 3 rings (SSSR count). The maximum Gasteiger partial charge on any atom is 0.227 e. The van der Waals surface area contributed by atoms with Crippen molar-refractivity contribution in [2.75, 3.05) is 12.4 Å². The third kappa shape index (κ3) is 4.21. The monoisotopic (exact) mass is 359 g/mol. The SMILES string of the molecule is COc1cccc(-c2noc(CCC(=O)Nc3ccc(F)cc3F)n2)c1. The van der Waals surface area contributed by atoms with Crippen molar-refractivity contribution in [2.45, 2.75) is 12.8 Å². The minimum atomic E-state index is -0.837. The first-order valence-corrected chi connectivity index (χ1v) is 7.77.